The fraction of sp³-hybridized carbons (Fsp3) is 0.143. The van der Waals surface area contributed by atoms with Crippen molar-refractivity contribution in [3.05, 3.63) is 90.3 Å². The summed E-state index contributed by atoms with van der Waals surface area (Å²) in [5.41, 5.74) is 2.47. The van der Waals surface area contributed by atoms with Crippen LogP contribution in [0.4, 0.5) is 5.69 Å². The molecule has 0 saturated heterocycles. The zero-order valence-corrected chi connectivity index (χ0v) is 14.1. The van der Waals surface area contributed by atoms with Gasteiger partial charge in [0, 0.05) is 36.1 Å². The number of methoxy groups -OCH3 is 1. The number of amides is 1. The van der Waals surface area contributed by atoms with Gasteiger partial charge < -0.3 is 9.64 Å². The number of para-hydroxylation sites is 1. The smallest absolute Gasteiger partial charge is 0.258 e. The molecule has 3 rings (SSSR count). The molecule has 3 aromatic rings. The second-order valence-electron chi connectivity index (χ2n) is 5.59. The minimum absolute atomic E-state index is 0.0372. The first-order chi connectivity index (χ1) is 12.3. The number of benzene rings is 2. The number of aromatic nitrogens is 1. The van der Waals surface area contributed by atoms with Crippen LogP contribution in [0, 0.1) is 0 Å². The summed E-state index contributed by atoms with van der Waals surface area (Å²) < 4.78 is 5.17. The summed E-state index contributed by atoms with van der Waals surface area (Å²) in [6.07, 6.45) is 2.46. The van der Waals surface area contributed by atoms with Gasteiger partial charge in [0.2, 0.25) is 0 Å². The highest BCUT2D eigenvalue weighted by atomic mass is 16.5. The van der Waals surface area contributed by atoms with Crippen LogP contribution >= 0.6 is 0 Å². The van der Waals surface area contributed by atoms with Gasteiger partial charge in [0.25, 0.3) is 5.91 Å². The van der Waals surface area contributed by atoms with Crippen molar-refractivity contribution in [3.8, 4) is 5.75 Å². The van der Waals surface area contributed by atoms with Gasteiger partial charge in [0.1, 0.15) is 5.75 Å². The van der Waals surface area contributed by atoms with E-state index in [1.54, 1.807) is 42.5 Å². The van der Waals surface area contributed by atoms with Crippen LogP contribution in [0.3, 0.4) is 0 Å². The van der Waals surface area contributed by atoms with E-state index in [9.17, 15) is 4.79 Å². The van der Waals surface area contributed by atoms with Gasteiger partial charge >= 0.3 is 0 Å². The SMILES string of the molecule is COc1ccc(C(=O)N(CCc2ccccn2)c2ccccc2)cc1. The molecule has 0 unspecified atom stereocenters. The molecule has 0 atom stereocenters. The van der Waals surface area contributed by atoms with Crippen molar-refractivity contribution in [2.75, 3.05) is 18.6 Å². The molecule has 1 heterocycles. The van der Waals surface area contributed by atoms with E-state index in [1.807, 2.05) is 48.5 Å². The van der Waals surface area contributed by atoms with Gasteiger partial charge in [-0.05, 0) is 48.5 Å². The molecular weight excluding hydrogens is 312 g/mol. The molecule has 0 aliphatic carbocycles. The van der Waals surface area contributed by atoms with E-state index in [4.69, 9.17) is 4.74 Å². The van der Waals surface area contributed by atoms with Crippen LogP contribution in [0.25, 0.3) is 0 Å². The summed E-state index contributed by atoms with van der Waals surface area (Å²) >= 11 is 0. The van der Waals surface area contributed by atoms with E-state index in [1.165, 1.54) is 0 Å². The molecule has 0 N–H and O–H groups in total. The van der Waals surface area contributed by atoms with Gasteiger partial charge in [-0.25, -0.2) is 0 Å². The van der Waals surface area contributed by atoms with Gasteiger partial charge in [-0.15, -0.1) is 0 Å². The lowest BCUT2D eigenvalue weighted by Gasteiger charge is -2.23. The first kappa shape index (κ1) is 16.7. The summed E-state index contributed by atoms with van der Waals surface area (Å²) in [6.45, 7) is 0.561. The van der Waals surface area contributed by atoms with Crippen molar-refractivity contribution in [2.45, 2.75) is 6.42 Å². The van der Waals surface area contributed by atoms with Crippen LogP contribution in [0.2, 0.25) is 0 Å². The van der Waals surface area contributed by atoms with Gasteiger partial charge in [-0.2, -0.15) is 0 Å². The lowest BCUT2D eigenvalue weighted by molar-refractivity contribution is 0.0987. The molecule has 1 aromatic heterocycles. The van der Waals surface area contributed by atoms with Crippen LogP contribution < -0.4 is 9.64 Å². The van der Waals surface area contributed by atoms with Gasteiger partial charge in [-0.1, -0.05) is 24.3 Å². The first-order valence-electron chi connectivity index (χ1n) is 8.19. The monoisotopic (exact) mass is 332 g/mol. The number of pyridine rings is 1. The van der Waals surface area contributed by atoms with E-state index in [-0.39, 0.29) is 5.91 Å². The molecule has 2 aromatic carbocycles. The quantitative estimate of drug-likeness (QED) is 0.686. The molecule has 0 fully saturated rings. The van der Waals surface area contributed by atoms with E-state index < -0.39 is 0 Å². The normalized spacial score (nSPS) is 10.3. The highest BCUT2D eigenvalue weighted by Crippen LogP contribution is 2.19. The van der Waals surface area contributed by atoms with Gasteiger partial charge in [0.05, 0.1) is 7.11 Å². The first-order valence-corrected chi connectivity index (χ1v) is 8.19. The minimum atomic E-state index is -0.0372. The molecular formula is C21H20N2O2. The molecule has 126 valence electrons. The Balaban J connectivity index is 1.83. The molecule has 4 nitrogen and oxygen atoms in total. The Bertz CT molecular complexity index is 802. The molecule has 1 amide bonds. The average Bonchev–Trinajstić information content (AvgIpc) is 2.69. The largest absolute Gasteiger partial charge is 0.497 e. The Morgan fingerprint density at radius 1 is 0.960 bits per heavy atom. The molecule has 0 spiro atoms. The van der Waals surface area contributed by atoms with Crippen LogP contribution in [-0.4, -0.2) is 24.5 Å². The van der Waals surface area contributed by atoms with E-state index in [0.29, 0.717) is 18.5 Å². The number of anilines is 1. The van der Waals surface area contributed by atoms with Crippen LogP contribution in [0.5, 0.6) is 5.75 Å². The maximum absolute atomic E-state index is 13.0. The molecule has 25 heavy (non-hydrogen) atoms. The maximum Gasteiger partial charge on any atom is 0.258 e. The highest BCUT2D eigenvalue weighted by Gasteiger charge is 2.17. The number of rotatable bonds is 6. The van der Waals surface area contributed by atoms with E-state index in [0.717, 1.165) is 17.1 Å². The summed E-state index contributed by atoms with van der Waals surface area (Å²) in [6, 6.07) is 22.7. The van der Waals surface area contributed by atoms with Crippen LogP contribution in [0.15, 0.2) is 79.0 Å². The number of carbonyl (C=O) groups excluding carboxylic acids is 1. The third-order valence-electron chi connectivity index (χ3n) is 3.97. The van der Waals surface area contributed by atoms with Crippen molar-refractivity contribution < 1.29 is 9.53 Å². The van der Waals surface area contributed by atoms with Crippen molar-refractivity contribution in [3.63, 3.8) is 0 Å². The van der Waals surface area contributed by atoms with E-state index in [2.05, 4.69) is 4.98 Å². The summed E-state index contributed by atoms with van der Waals surface area (Å²) in [4.78, 5) is 19.2. The third-order valence-corrected chi connectivity index (χ3v) is 3.97. The molecule has 0 aliphatic rings. The molecule has 0 aliphatic heterocycles. The summed E-state index contributed by atoms with van der Waals surface area (Å²) in [7, 11) is 1.61. The average molecular weight is 332 g/mol. The second-order valence-corrected chi connectivity index (χ2v) is 5.59. The van der Waals surface area contributed by atoms with Gasteiger partial charge in [-0.3, -0.25) is 9.78 Å². The molecule has 0 radical (unpaired) electrons. The zero-order valence-electron chi connectivity index (χ0n) is 14.1. The predicted molar refractivity (Wildman–Crippen MR) is 99.1 cm³/mol. The van der Waals surface area contributed by atoms with Crippen molar-refractivity contribution in [1.29, 1.82) is 0 Å². The number of nitrogens with zero attached hydrogens (tertiary/aromatic N) is 2. The Kier molecular flexibility index (Phi) is 5.42. The Labute approximate surface area is 147 Å². The number of hydrogen-bond donors (Lipinski definition) is 0. The minimum Gasteiger partial charge on any atom is -0.497 e. The maximum atomic E-state index is 13.0. The predicted octanol–water partition coefficient (Wildman–Crippen LogP) is 3.98. The summed E-state index contributed by atoms with van der Waals surface area (Å²) in [5, 5.41) is 0. The van der Waals surface area contributed by atoms with E-state index >= 15 is 0 Å². The Hall–Kier alpha value is -3.14. The molecule has 0 saturated carbocycles. The lowest BCUT2D eigenvalue weighted by Crippen LogP contribution is -2.33. The number of ether oxygens (including phenoxy) is 1. The standard InChI is InChI=1S/C21H20N2O2/c1-25-20-12-10-17(11-13-20)21(24)23(19-8-3-2-4-9-19)16-14-18-7-5-6-15-22-18/h2-13,15H,14,16H2,1H3. The van der Waals surface area contributed by atoms with Crippen molar-refractivity contribution in [2.24, 2.45) is 0 Å². The molecule has 4 heteroatoms. The summed E-state index contributed by atoms with van der Waals surface area (Å²) in [5.74, 6) is 0.695. The van der Waals surface area contributed by atoms with Gasteiger partial charge in [0.15, 0.2) is 0 Å². The van der Waals surface area contributed by atoms with Crippen LogP contribution in [-0.2, 0) is 6.42 Å². The topological polar surface area (TPSA) is 42.4 Å². The lowest BCUT2D eigenvalue weighted by atomic mass is 10.1. The van der Waals surface area contributed by atoms with Crippen molar-refractivity contribution in [1.82, 2.24) is 4.98 Å². The highest BCUT2D eigenvalue weighted by molar-refractivity contribution is 6.06. The third kappa shape index (κ3) is 4.23. The second kappa shape index (κ2) is 8.11. The fourth-order valence-corrected chi connectivity index (χ4v) is 2.62. The fourth-order valence-electron chi connectivity index (χ4n) is 2.62. The number of carbonyl (C=O) groups is 1. The Morgan fingerprint density at radius 2 is 1.68 bits per heavy atom. The molecule has 0 bridgehead atoms. The zero-order chi connectivity index (χ0) is 17.5. The van der Waals surface area contributed by atoms with Crippen molar-refractivity contribution >= 4 is 11.6 Å². The Morgan fingerprint density at radius 3 is 2.32 bits per heavy atom. The number of hydrogen-bond acceptors (Lipinski definition) is 3. The van der Waals surface area contributed by atoms with Crippen LogP contribution in [0.1, 0.15) is 16.1 Å².